The maximum atomic E-state index is 12.3. The molecule has 0 aliphatic carbocycles. The number of amides is 1. The van der Waals surface area contributed by atoms with E-state index in [1.165, 1.54) is 11.3 Å². The van der Waals surface area contributed by atoms with Crippen LogP contribution in [0.3, 0.4) is 0 Å². The van der Waals surface area contributed by atoms with E-state index in [1.54, 1.807) is 37.0 Å². The molecule has 0 unspecified atom stereocenters. The van der Waals surface area contributed by atoms with Crippen LogP contribution in [0, 0.1) is 0 Å². The highest BCUT2D eigenvalue weighted by Gasteiger charge is 2.12. The smallest absolute Gasteiger partial charge is 0.271 e. The zero-order valence-corrected chi connectivity index (χ0v) is 14.9. The molecule has 3 aromatic rings. The minimum absolute atomic E-state index is 0.198. The molecule has 7 heteroatoms. The second kappa shape index (κ2) is 7.46. The molecule has 24 heavy (non-hydrogen) atoms. The minimum atomic E-state index is -0.198. The first-order valence-electron chi connectivity index (χ1n) is 7.19. The van der Waals surface area contributed by atoms with Gasteiger partial charge < -0.3 is 14.8 Å². The summed E-state index contributed by atoms with van der Waals surface area (Å²) < 4.78 is 10.5. The van der Waals surface area contributed by atoms with Crippen molar-refractivity contribution in [1.29, 1.82) is 0 Å². The third-order valence-corrected chi connectivity index (χ3v) is 5.21. The predicted octanol–water partition coefficient (Wildman–Crippen LogP) is 3.82. The van der Waals surface area contributed by atoms with Crippen LogP contribution in [-0.2, 0) is 6.54 Å². The lowest BCUT2D eigenvalue weighted by Crippen LogP contribution is -2.23. The van der Waals surface area contributed by atoms with E-state index < -0.39 is 0 Å². The van der Waals surface area contributed by atoms with Crippen LogP contribution in [0.15, 0.2) is 41.1 Å². The van der Waals surface area contributed by atoms with Gasteiger partial charge in [-0.15, -0.1) is 22.7 Å². The van der Waals surface area contributed by atoms with Crippen LogP contribution in [0.2, 0.25) is 0 Å². The summed E-state index contributed by atoms with van der Waals surface area (Å²) in [6.07, 6.45) is 0. The molecule has 0 bridgehead atoms. The normalized spacial score (nSPS) is 10.4. The fourth-order valence-electron chi connectivity index (χ4n) is 2.13. The maximum absolute atomic E-state index is 12.3. The summed E-state index contributed by atoms with van der Waals surface area (Å²) in [4.78, 5) is 17.7. The molecule has 0 atom stereocenters. The number of hydrogen-bond acceptors (Lipinski definition) is 6. The monoisotopic (exact) mass is 360 g/mol. The molecular weight excluding hydrogens is 344 g/mol. The van der Waals surface area contributed by atoms with Gasteiger partial charge in [-0.25, -0.2) is 4.98 Å². The van der Waals surface area contributed by atoms with E-state index in [4.69, 9.17) is 9.47 Å². The van der Waals surface area contributed by atoms with E-state index in [1.807, 2.05) is 29.6 Å². The van der Waals surface area contributed by atoms with Crippen LogP contribution in [0.25, 0.3) is 9.88 Å². The topological polar surface area (TPSA) is 60.5 Å². The summed E-state index contributed by atoms with van der Waals surface area (Å²) in [6.45, 7) is 0.373. The third kappa shape index (κ3) is 3.74. The standard InChI is InChI=1S/C17H16N2O3S2/c1-21-12-6-11(7-13(8-12)22-2)9-18-16(20)14-10-24-17(19-14)15-4-3-5-23-15/h3-8,10H,9H2,1-2H3,(H,18,20). The Balaban J connectivity index is 1.67. The SMILES string of the molecule is COc1cc(CNC(=O)c2csc(-c3cccs3)n2)cc(OC)c1. The number of nitrogens with one attached hydrogen (secondary N) is 1. The van der Waals surface area contributed by atoms with Crippen LogP contribution >= 0.6 is 22.7 Å². The number of methoxy groups -OCH3 is 2. The highest BCUT2D eigenvalue weighted by Crippen LogP contribution is 2.28. The molecule has 5 nitrogen and oxygen atoms in total. The molecule has 0 fully saturated rings. The number of rotatable bonds is 6. The number of aromatic nitrogens is 1. The van der Waals surface area contributed by atoms with Crippen LogP contribution in [0.1, 0.15) is 16.1 Å². The van der Waals surface area contributed by atoms with Gasteiger partial charge in [0, 0.05) is 18.0 Å². The third-order valence-electron chi connectivity index (χ3n) is 3.33. The summed E-state index contributed by atoms with van der Waals surface area (Å²) >= 11 is 3.08. The number of hydrogen-bond donors (Lipinski definition) is 1. The average molecular weight is 360 g/mol. The lowest BCUT2D eigenvalue weighted by molar-refractivity contribution is 0.0946. The summed E-state index contributed by atoms with van der Waals surface area (Å²) in [5.41, 5.74) is 1.33. The Morgan fingerprint density at radius 3 is 2.54 bits per heavy atom. The highest BCUT2D eigenvalue weighted by atomic mass is 32.1. The molecule has 1 N–H and O–H groups in total. The predicted molar refractivity (Wildman–Crippen MR) is 96.1 cm³/mol. The zero-order chi connectivity index (χ0) is 16.9. The first-order chi connectivity index (χ1) is 11.7. The fourth-order valence-corrected chi connectivity index (χ4v) is 3.75. The Morgan fingerprint density at radius 2 is 1.92 bits per heavy atom. The number of carbonyl (C=O) groups is 1. The molecule has 2 aromatic heterocycles. The van der Waals surface area contributed by atoms with Gasteiger partial charge in [0.05, 0.1) is 19.1 Å². The van der Waals surface area contributed by atoms with E-state index in [2.05, 4.69) is 10.3 Å². The summed E-state index contributed by atoms with van der Waals surface area (Å²) in [5.74, 6) is 1.18. The quantitative estimate of drug-likeness (QED) is 0.726. The van der Waals surface area contributed by atoms with Crippen molar-refractivity contribution < 1.29 is 14.3 Å². The van der Waals surface area contributed by atoms with Gasteiger partial charge in [0.15, 0.2) is 0 Å². The summed E-state index contributed by atoms with van der Waals surface area (Å²) in [5, 5.41) is 7.50. The largest absolute Gasteiger partial charge is 0.497 e. The first kappa shape index (κ1) is 16.5. The molecule has 124 valence electrons. The number of thiophene rings is 1. The van der Waals surface area contributed by atoms with Crippen LogP contribution in [-0.4, -0.2) is 25.1 Å². The second-order valence-corrected chi connectivity index (χ2v) is 6.72. The summed E-state index contributed by atoms with van der Waals surface area (Å²) in [7, 11) is 3.19. The molecule has 0 radical (unpaired) electrons. The van der Waals surface area contributed by atoms with Gasteiger partial charge in [-0.1, -0.05) is 6.07 Å². The molecule has 0 aliphatic rings. The van der Waals surface area contributed by atoms with Gasteiger partial charge in [0.25, 0.3) is 5.91 Å². The molecule has 0 spiro atoms. The Hall–Kier alpha value is -2.38. The number of carbonyl (C=O) groups excluding carboxylic acids is 1. The van der Waals surface area contributed by atoms with Gasteiger partial charge in [0.2, 0.25) is 0 Å². The van der Waals surface area contributed by atoms with Gasteiger partial charge in [-0.3, -0.25) is 4.79 Å². The van der Waals surface area contributed by atoms with Crippen molar-refractivity contribution in [2.24, 2.45) is 0 Å². The lowest BCUT2D eigenvalue weighted by atomic mass is 10.2. The Kier molecular flexibility index (Phi) is 5.12. The number of thiazole rings is 1. The average Bonchev–Trinajstić information content (AvgIpc) is 3.30. The van der Waals surface area contributed by atoms with Crippen molar-refractivity contribution in [1.82, 2.24) is 10.3 Å². The van der Waals surface area contributed by atoms with Gasteiger partial charge in [-0.05, 0) is 29.1 Å². The highest BCUT2D eigenvalue weighted by molar-refractivity contribution is 7.20. The van der Waals surface area contributed by atoms with Crippen molar-refractivity contribution in [3.05, 3.63) is 52.3 Å². The van der Waals surface area contributed by atoms with Gasteiger partial charge in [-0.2, -0.15) is 0 Å². The van der Waals surface area contributed by atoms with Crippen molar-refractivity contribution in [3.63, 3.8) is 0 Å². The van der Waals surface area contributed by atoms with Gasteiger partial charge >= 0.3 is 0 Å². The molecular formula is C17H16N2O3S2. The molecule has 1 aromatic carbocycles. The first-order valence-corrected chi connectivity index (χ1v) is 8.95. The molecule has 2 heterocycles. The van der Waals surface area contributed by atoms with Gasteiger partial charge in [0.1, 0.15) is 22.2 Å². The van der Waals surface area contributed by atoms with E-state index in [-0.39, 0.29) is 5.91 Å². The number of benzene rings is 1. The second-order valence-electron chi connectivity index (χ2n) is 4.92. The van der Waals surface area contributed by atoms with E-state index in [0.717, 1.165) is 15.4 Å². The molecule has 0 saturated carbocycles. The Morgan fingerprint density at radius 1 is 1.17 bits per heavy atom. The fraction of sp³-hybridized carbons (Fsp3) is 0.176. The number of nitrogens with zero attached hydrogens (tertiary/aromatic N) is 1. The van der Waals surface area contributed by atoms with Crippen molar-refractivity contribution in [2.75, 3.05) is 14.2 Å². The van der Waals surface area contributed by atoms with Crippen molar-refractivity contribution >= 4 is 28.6 Å². The Bertz CT molecular complexity index is 806. The van der Waals surface area contributed by atoms with Crippen LogP contribution in [0.5, 0.6) is 11.5 Å². The van der Waals surface area contributed by atoms with E-state index in [0.29, 0.717) is 23.7 Å². The van der Waals surface area contributed by atoms with E-state index >= 15 is 0 Å². The van der Waals surface area contributed by atoms with Crippen molar-refractivity contribution in [3.8, 4) is 21.4 Å². The molecule has 0 saturated heterocycles. The maximum Gasteiger partial charge on any atom is 0.271 e. The van der Waals surface area contributed by atoms with Crippen molar-refractivity contribution in [2.45, 2.75) is 6.54 Å². The van der Waals surface area contributed by atoms with Crippen LogP contribution in [0.4, 0.5) is 0 Å². The zero-order valence-electron chi connectivity index (χ0n) is 13.2. The van der Waals surface area contributed by atoms with Crippen LogP contribution < -0.4 is 14.8 Å². The summed E-state index contributed by atoms with van der Waals surface area (Å²) in [6, 6.07) is 9.48. The Labute approximate surface area is 147 Å². The molecule has 1 amide bonds. The van der Waals surface area contributed by atoms with E-state index in [9.17, 15) is 4.79 Å². The molecule has 3 rings (SSSR count). The molecule has 0 aliphatic heterocycles. The number of ether oxygens (including phenoxy) is 2. The minimum Gasteiger partial charge on any atom is -0.497 e. The lowest BCUT2D eigenvalue weighted by Gasteiger charge is -2.09.